The molecule has 2 aromatic heterocycles. The number of methoxy groups -OCH3 is 1. The fourth-order valence-electron chi connectivity index (χ4n) is 3.16. The smallest absolute Gasteiger partial charge is 0.251 e. The maximum absolute atomic E-state index is 12.5. The maximum Gasteiger partial charge on any atom is 0.251 e. The number of amides is 1. The van der Waals surface area contributed by atoms with Crippen molar-refractivity contribution in [2.24, 2.45) is 0 Å². The highest BCUT2D eigenvalue weighted by atomic mass is 16.7. The van der Waals surface area contributed by atoms with E-state index in [0.29, 0.717) is 28.5 Å². The van der Waals surface area contributed by atoms with Gasteiger partial charge in [0, 0.05) is 11.1 Å². The number of nitrogens with one attached hydrogen (secondary N) is 1. The molecule has 4 aromatic rings. The summed E-state index contributed by atoms with van der Waals surface area (Å²) in [4.78, 5) is 12.5. The van der Waals surface area contributed by atoms with Gasteiger partial charge in [-0.15, -0.1) is 10.2 Å². The Morgan fingerprint density at radius 1 is 1.07 bits per heavy atom. The number of fused-ring (bicyclic) bond motifs is 2. The lowest BCUT2D eigenvalue weighted by molar-refractivity contribution is 0.0949. The molecule has 2 aromatic carbocycles. The Hall–Kier alpha value is -4.14. The Balaban J connectivity index is 1.36. The van der Waals surface area contributed by atoms with Crippen LogP contribution in [0.4, 0.5) is 0 Å². The molecule has 0 radical (unpaired) electrons. The lowest BCUT2D eigenvalue weighted by Crippen LogP contribution is -2.24. The molecule has 0 fully saturated rings. The van der Waals surface area contributed by atoms with E-state index in [1.165, 1.54) is 0 Å². The third kappa shape index (κ3) is 3.26. The summed E-state index contributed by atoms with van der Waals surface area (Å²) in [7, 11) is 1.63. The summed E-state index contributed by atoms with van der Waals surface area (Å²) in [6.07, 6.45) is 0. The number of hydrogen-bond donors (Lipinski definition) is 1. The van der Waals surface area contributed by atoms with Crippen LogP contribution in [-0.2, 0) is 6.54 Å². The first-order valence-electron chi connectivity index (χ1n) is 9.25. The molecule has 0 aliphatic carbocycles. The minimum absolute atomic E-state index is 0.161. The Labute approximate surface area is 171 Å². The molecule has 1 N–H and O–H groups in total. The van der Waals surface area contributed by atoms with Crippen molar-refractivity contribution in [1.29, 1.82) is 0 Å². The molecule has 0 spiro atoms. The van der Waals surface area contributed by atoms with E-state index in [0.717, 1.165) is 17.0 Å². The second kappa shape index (κ2) is 7.36. The zero-order chi connectivity index (χ0) is 20.5. The molecular weight excluding hydrogens is 386 g/mol. The normalized spacial score (nSPS) is 12.2. The first-order valence-corrected chi connectivity index (χ1v) is 9.25. The average molecular weight is 403 g/mol. The van der Waals surface area contributed by atoms with Gasteiger partial charge >= 0.3 is 0 Å². The molecule has 3 heterocycles. The van der Waals surface area contributed by atoms with Gasteiger partial charge in [0.05, 0.1) is 19.3 Å². The van der Waals surface area contributed by atoms with Crippen LogP contribution in [0.5, 0.6) is 17.2 Å². The standard InChI is InChI=1S/C21H17N5O4/c1-28-15-5-2-13(3-6-15)16-7-9-19-23-24-20(26(19)25-16)11-22-21(27)14-4-8-17-18(10-14)30-12-29-17/h2-10H,11-12H2,1H3,(H,22,27). The van der Waals surface area contributed by atoms with Crippen molar-refractivity contribution in [1.82, 2.24) is 25.1 Å². The van der Waals surface area contributed by atoms with Crippen molar-refractivity contribution in [3.63, 3.8) is 0 Å². The average Bonchev–Trinajstić information content (AvgIpc) is 3.43. The van der Waals surface area contributed by atoms with E-state index in [1.54, 1.807) is 29.8 Å². The fraction of sp³-hybridized carbons (Fsp3) is 0.143. The summed E-state index contributed by atoms with van der Waals surface area (Å²) in [5, 5.41) is 15.7. The van der Waals surface area contributed by atoms with E-state index in [-0.39, 0.29) is 19.2 Å². The Bertz CT molecular complexity index is 1240. The largest absolute Gasteiger partial charge is 0.497 e. The summed E-state index contributed by atoms with van der Waals surface area (Å²) >= 11 is 0. The number of carbonyl (C=O) groups excluding carboxylic acids is 1. The van der Waals surface area contributed by atoms with Crippen LogP contribution in [0.3, 0.4) is 0 Å². The van der Waals surface area contributed by atoms with Gasteiger partial charge in [-0.1, -0.05) is 0 Å². The summed E-state index contributed by atoms with van der Waals surface area (Å²) in [6.45, 7) is 0.335. The predicted octanol–water partition coefficient (Wildman–Crippen LogP) is 2.46. The van der Waals surface area contributed by atoms with Gasteiger partial charge in [0.1, 0.15) is 5.75 Å². The van der Waals surface area contributed by atoms with Gasteiger partial charge in [0.25, 0.3) is 5.91 Å². The number of rotatable bonds is 5. The van der Waals surface area contributed by atoms with Crippen molar-refractivity contribution in [2.45, 2.75) is 6.54 Å². The second-order valence-electron chi connectivity index (χ2n) is 6.58. The van der Waals surface area contributed by atoms with Crippen molar-refractivity contribution in [2.75, 3.05) is 13.9 Å². The topological polar surface area (TPSA) is 99.9 Å². The van der Waals surface area contributed by atoms with Crippen LogP contribution < -0.4 is 19.5 Å². The molecule has 1 amide bonds. The van der Waals surface area contributed by atoms with E-state index < -0.39 is 0 Å². The summed E-state index contributed by atoms with van der Waals surface area (Å²) in [5.41, 5.74) is 2.76. The molecule has 9 heteroatoms. The van der Waals surface area contributed by atoms with Gasteiger partial charge in [0.15, 0.2) is 23.0 Å². The first-order chi connectivity index (χ1) is 14.7. The Morgan fingerprint density at radius 3 is 2.73 bits per heavy atom. The minimum Gasteiger partial charge on any atom is -0.497 e. The molecule has 150 valence electrons. The van der Waals surface area contributed by atoms with Gasteiger partial charge < -0.3 is 19.5 Å². The maximum atomic E-state index is 12.5. The van der Waals surface area contributed by atoms with Gasteiger partial charge in [-0.3, -0.25) is 4.79 Å². The second-order valence-corrected chi connectivity index (χ2v) is 6.58. The highest BCUT2D eigenvalue weighted by Crippen LogP contribution is 2.32. The van der Waals surface area contributed by atoms with Crippen LogP contribution in [0, 0.1) is 0 Å². The number of aromatic nitrogens is 4. The SMILES string of the molecule is COc1ccc(-c2ccc3nnc(CNC(=O)c4ccc5c(c4)OCO5)n3n2)cc1. The molecule has 0 saturated carbocycles. The molecule has 30 heavy (non-hydrogen) atoms. The van der Waals surface area contributed by atoms with Crippen LogP contribution in [0.1, 0.15) is 16.2 Å². The molecule has 0 atom stereocenters. The van der Waals surface area contributed by atoms with Gasteiger partial charge in [-0.25, -0.2) is 0 Å². The summed E-state index contributed by atoms with van der Waals surface area (Å²) in [6, 6.07) is 16.4. The fourth-order valence-corrected chi connectivity index (χ4v) is 3.16. The number of carbonyl (C=O) groups is 1. The van der Waals surface area contributed by atoms with E-state index in [1.807, 2.05) is 36.4 Å². The summed E-state index contributed by atoms with van der Waals surface area (Å²) in [5.74, 6) is 2.23. The van der Waals surface area contributed by atoms with Crippen LogP contribution in [0.15, 0.2) is 54.6 Å². The lowest BCUT2D eigenvalue weighted by Gasteiger charge is -2.06. The Kier molecular flexibility index (Phi) is 4.40. The quantitative estimate of drug-likeness (QED) is 0.546. The van der Waals surface area contributed by atoms with Crippen molar-refractivity contribution < 1.29 is 19.0 Å². The monoisotopic (exact) mass is 403 g/mol. The van der Waals surface area contributed by atoms with Crippen LogP contribution in [0.25, 0.3) is 16.9 Å². The number of hydrogen-bond acceptors (Lipinski definition) is 7. The lowest BCUT2D eigenvalue weighted by atomic mass is 10.1. The molecule has 0 saturated heterocycles. The highest BCUT2D eigenvalue weighted by Gasteiger charge is 2.17. The highest BCUT2D eigenvalue weighted by molar-refractivity contribution is 5.94. The third-order valence-corrected chi connectivity index (χ3v) is 4.75. The van der Waals surface area contributed by atoms with Gasteiger partial charge in [-0.2, -0.15) is 9.61 Å². The summed E-state index contributed by atoms with van der Waals surface area (Å²) < 4.78 is 17.4. The van der Waals surface area contributed by atoms with E-state index >= 15 is 0 Å². The van der Waals surface area contributed by atoms with Crippen LogP contribution >= 0.6 is 0 Å². The van der Waals surface area contributed by atoms with Gasteiger partial charge in [0.2, 0.25) is 6.79 Å². The van der Waals surface area contributed by atoms with Gasteiger partial charge in [-0.05, 0) is 54.6 Å². The minimum atomic E-state index is -0.253. The van der Waals surface area contributed by atoms with E-state index in [2.05, 4.69) is 20.6 Å². The van der Waals surface area contributed by atoms with Crippen molar-refractivity contribution in [3.05, 3.63) is 66.0 Å². The molecule has 9 nitrogen and oxygen atoms in total. The third-order valence-electron chi connectivity index (χ3n) is 4.75. The molecular formula is C21H17N5O4. The predicted molar refractivity (Wildman–Crippen MR) is 107 cm³/mol. The van der Waals surface area contributed by atoms with E-state index in [9.17, 15) is 4.79 Å². The zero-order valence-electron chi connectivity index (χ0n) is 16.0. The van der Waals surface area contributed by atoms with Crippen molar-refractivity contribution >= 4 is 11.6 Å². The molecule has 5 rings (SSSR count). The molecule has 0 unspecified atom stereocenters. The molecule has 0 bridgehead atoms. The number of ether oxygens (including phenoxy) is 3. The van der Waals surface area contributed by atoms with Crippen LogP contribution in [0.2, 0.25) is 0 Å². The number of nitrogens with zero attached hydrogens (tertiary/aromatic N) is 4. The first kappa shape index (κ1) is 17.9. The Morgan fingerprint density at radius 2 is 1.90 bits per heavy atom. The van der Waals surface area contributed by atoms with Crippen LogP contribution in [-0.4, -0.2) is 39.6 Å². The zero-order valence-corrected chi connectivity index (χ0v) is 16.0. The number of benzene rings is 2. The van der Waals surface area contributed by atoms with E-state index in [4.69, 9.17) is 14.2 Å². The molecule has 1 aliphatic heterocycles. The molecule has 1 aliphatic rings. The van der Waals surface area contributed by atoms with Crippen molar-refractivity contribution in [3.8, 4) is 28.5 Å².